The predicted molar refractivity (Wildman–Crippen MR) is 117 cm³/mol. The lowest BCUT2D eigenvalue weighted by molar-refractivity contribution is 0.0944. The Balaban J connectivity index is 1.69. The van der Waals surface area contributed by atoms with Crippen molar-refractivity contribution < 1.29 is 18.3 Å². The monoisotopic (exact) mass is 445 g/mol. The molecule has 0 radical (unpaired) electrons. The smallest absolute Gasteiger partial charge is 0.270 e. The number of thiazole rings is 1. The molecule has 1 aromatic heterocycles. The van der Waals surface area contributed by atoms with Crippen LogP contribution in [0.2, 0.25) is 0 Å². The number of carbonyl (C=O) groups is 1. The number of ether oxygens (including phenoxy) is 1. The molecule has 0 aliphatic heterocycles. The second kappa shape index (κ2) is 11.6. The van der Waals surface area contributed by atoms with Crippen LogP contribution in [0.15, 0.2) is 53.9 Å². The molecule has 3 aromatic rings. The lowest BCUT2D eigenvalue weighted by Crippen LogP contribution is -2.26. The van der Waals surface area contributed by atoms with Gasteiger partial charge in [0.25, 0.3) is 5.91 Å². The van der Waals surface area contributed by atoms with Gasteiger partial charge < -0.3 is 10.1 Å². The fourth-order valence-corrected chi connectivity index (χ4v) is 3.89. The van der Waals surface area contributed by atoms with E-state index in [-0.39, 0.29) is 17.5 Å². The van der Waals surface area contributed by atoms with Gasteiger partial charge in [-0.3, -0.25) is 9.69 Å². The van der Waals surface area contributed by atoms with Gasteiger partial charge in [-0.1, -0.05) is 30.3 Å². The van der Waals surface area contributed by atoms with Crippen molar-refractivity contribution in [3.05, 3.63) is 87.4 Å². The van der Waals surface area contributed by atoms with E-state index in [9.17, 15) is 13.6 Å². The van der Waals surface area contributed by atoms with Crippen molar-refractivity contribution in [2.24, 2.45) is 0 Å². The maximum Gasteiger partial charge on any atom is 0.270 e. The molecular weight excluding hydrogens is 420 g/mol. The maximum atomic E-state index is 14.2. The highest BCUT2D eigenvalue weighted by atomic mass is 32.1. The molecule has 3 rings (SSSR count). The van der Waals surface area contributed by atoms with Crippen LogP contribution >= 0.6 is 11.3 Å². The second-order valence-corrected chi connectivity index (χ2v) is 8.03. The molecule has 0 saturated heterocycles. The number of aromatic nitrogens is 1. The highest BCUT2D eigenvalue weighted by molar-refractivity contribution is 7.09. The van der Waals surface area contributed by atoms with Gasteiger partial charge in [0.15, 0.2) is 0 Å². The van der Waals surface area contributed by atoms with Gasteiger partial charge in [-0.2, -0.15) is 0 Å². The number of nitrogens with one attached hydrogen (secondary N) is 1. The van der Waals surface area contributed by atoms with Crippen LogP contribution in [-0.2, 0) is 24.4 Å². The molecule has 0 fully saturated rings. The third-order valence-electron chi connectivity index (χ3n) is 4.63. The Morgan fingerprint density at radius 1 is 1.10 bits per heavy atom. The number of nitrogens with zero attached hydrogens (tertiary/aromatic N) is 2. The largest absolute Gasteiger partial charge is 0.385 e. The van der Waals surface area contributed by atoms with Gasteiger partial charge in [-0.05, 0) is 30.2 Å². The summed E-state index contributed by atoms with van der Waals surface area (Å²) in [5, 5.41) is 5.29. The Bertz CT molecular complexity index is 979. The number of rotatable bonds is 11. The summed E-state index contributed by atoms with van der Waals surface area (Å²) in [4.78, 5) is 18.7. The minimum Gasteiger partial charge on any atom is -0.385 e. The van der Waals surface area contributed by atoms with Crippen LogP contribution in [0.1, 0.15) is 33.0 Å². The molecule has 0 atom stereocenters. The SMILES string of the molecule is COCCCNC(=O)c1csc(CN(Cc2ccc(F)cc2)Cc2ccccc2F)n1. The van der Waals surface area contributed by atoms with Gasteiger partial charge in [0.2, 0.25) is 0 Å². The number of amides is 1. The summed E-state index contributed by atoms with van der Waals surface area (Å²) in [5.41, 5.74) is 1.84. The standard InChI is InChI=1S/C23H25F2N3O2S/c1-30-12-4-11-26-23(29)21-16-31-22(27-21)15-28(13-17-7-9-19(24)10-8-17)14-18-5-2-3-6-20(18)25/h2-3,5-10,16H,4,11-15H2,1H3,(H,26,29). The van der Waals surface area contributed by atoms with E-state index in [0.29, 0.717) is 44.0 Å². The lowest BCUT2D eigenvalue weighted by atomic mass is 10.1. The maximum absolute atomic E-state index is 14.2. The van der Waals surface area contributed by atoms with Crippen LogP contribution in [0.5, 0.6) is 0 Å². The number of hydrogen-bond acceptors (Lipinski definition) is 5. The van der Waals surface area contributed by atoms with Crippen molar-refractivity contribution >= 4 is 17.2 Å². The molecule has 1 heterocycles. The molecule has 0 spiro atoms. The molecule has 1 amide bonds. The zero-order chi connectivity index (χ0) is 22.1. The van der Waals surface area contributed by atoms with Crippen LogP contribution in [-0.4, -0.2) is 36.1 Å². The van der Waals surface area contributed by atoms with Crippen LogP contribution in [0.25, 0.3) is 0 Å². The molecule has 0 unspecified atom stereocenters. The fraction of sp³-hybridized carbons (Fsp3) is 0.304. The molecule has 0 aliphatic rings. The summed E-state index contributed by atoms with van der Waals surface area (Å²) >= 11 is 1.39. The topological polar surface area (TPSA) is 54.5 Å². The van der Waals surface area contributed by atoms with Crippen molar-refractivity contribution in [1.82, 2.24) is 15.2 Å². The molecule has 0 saturated carbocycles. The molecule has 31 heavy (non-hydrogen) atoms. The van der Waals surface area contributed by atoms with E-state index in [0.717, 1.165) is 17.0 Å². The fourth-order valence-electron chi connectivity index (χ4n) is 3.07. The Hall–Kier alpha value is -2.68. The summed E-state index contributed by atoms with van der Waals surface area (Å²) in [7, 11) is 1.62. The zero-order valence-electron chi connectivity index (χ0n) is 17.3. The Kier molecular flexibility index (Phi) is 8.63. The van der Waals surface area contributed by atoms with Crippen molar-refractivity contribution in [2.75, 3.05) is 20.3 Å². The first-order valence-corrected chi connectivity index (χ1v) is 10.8. The first kappa shape index (κ1) is 23.0. The molecule has 1 N–H and O–H groups in total. The summed E-state index contributed by atoms with van der Waals surface area (Å²) in [6.45, 7) is 2.39. The third-order valence-corrected chi connectivity index (χ3v) is 5.46. The summed E-state index contributed by atoms with van der Waals surface area (Å²) in [6.07, 6.45) is 0.729. The van der Waals surface area contributed by atoms with E-state index in [1.165, 1.54) is 29.5 Å². The number of halogens is 2. The van der Waals surface area contributed by atoms with Crippen LogP contribution < -0.4 is 5.32 Å². The van der Waals surface area contributed by atoms with E-state index in [2.05, 4.69) is 10.3 Å². The highest BCUT2D eigenvalue weighted by Crippen LogP contribution is 2.19. The van der Waals surface area contributed by atoms with Crippen LogP contribution in [0, 0.1) is 11.6 Å². The molecule has 2 aromatic carbocycles. The molecule has 0 bridgehead atoms. The van der Waals surface area contributed by atoms with Gasteiger partial charge in [0, 0.05) is 44.3 Å². The van der Waals surface area contributed by atoms with Crippen molar-refractivity contribution in [3.8, 4) is 0 Å². The lowest BCUT2D eigenvalue weighted by Gasteiger charge is -2.22. The minimum absolute atomic E-state index is 0.224. The van der Waals surface area contributed by atoms with Gasteiger partial charge in [-0.25, -0.2) is 13.8 Å². The molecule has 8 heteroatoms. The third kappa shape index (κ3) is 7.20. The Morgan fingerprint density at radius 3 is 2.61 bits per heavy atom. The Morgan fingerprint density at radius 2 is 1.87 bits per heavy atom. The first-order chi connectivity index (χ1) is 15.0. The Labute approximate surface area is 184 Å². The van der Waals surface area contributed by atoms with Gasteiger partial charge in [0.05, 0.1) is 6.54 Å². The highest BCUT2D eigenvalue weighted by Gasteiger charge is 2.15. The van der Waals surface area contributed by atoms with Crippen molar-refractivity contribution in [2.45, 2.75) is 26.1 Å². The molecule has 0 aliphatic carbocycles. The molecule has 164 valence electrons. The van der Waals surface area contributed by atoms with Crippen LogP contribution in [0.4, 0.5) is 8.78 Å². The minimum atomic E-state index is -0.300. The summed E-state index contributed by atoms with van der Waals surface area (Å²) in [6, 6.07) is 12.9. The van der Waals surface area contributed by atoms with E-state index in [1.54, 1.807) is 42.8 Å². The average Bonchev–Trinajstić information content (AvgIpc) is 3.23. The first-order valence-electron chi connectivity index (χ1n) is 9.97. The number of methoxy groups -OCH3 is 1. The van der Waals surface area contributed by atoms with E-state index >= 15 is 0 Å². The number of benzene rings is 2. The normalized spacial score (nSPS) is 11.1. The van der Waals surface area contributed by atoms with Gasteiger partial charge >= 0.3 is 0 Å². The summed E-state index contributed by atoms with van der Waals surface area (Å²) in [5.74, 6) is -0.801. The van der Waals surface area contributed by atoms with Crippen LogP contribution in [0.3, 0.4) is 0 Å². The van der Waals surface area contributed by atoms with E-state index in [4.69, 9.17) is 4.74 Å². The van der Waals surface area contributed by atoms with E-state index in [1.807, 2.05) is 4.90 Å². The zero-order valence-corrected chi connectivity index (χ0v) is 18.1. The van der Waals surface area contributed by atoms with E-state index < -0.39 is 0 Å². The van der Waals surface area contributed by atoms with Gasteiger partial charge in [0.1, 0.15) is 22.3 Å². The number of carbonyl (C=O) groups excluding carboxylic acids is 1. The number of hydrogen-bond donors (Lipinski definition) is 1. The molecule has 5 nitrogen and oxygen atoms in total. The second-order valence-electron chi connectivity index (χ2n) is 7.09. The summed E-state index contributed by atoms with van der Waals surface area (Å²) < 4.78 is 32.4. The molecular formula is C23H25F2N3O2S. The van der Waals surface area contributed by atoms with Crippen molar-refractivity contribution in [3.63, 3.8) is 0 Å². The van der Waals surface area contributed by atoms with Gasteiger partial charge in [-0.15, -0.1) is 11.3 Å². The van der Waals surface area contributed by atoms with Crippen molar-refractivity contribution in [1.29, 1.82) is 0 Å². The predicted octanol–water partition coefficient (Wildman–Crippen LogP) is 4.39. The quantitative estimate of drug-likeness (QED) is 0.445. The average molecular weight is 446 g/mol.